The van der Waals surface area contributed by atoms with Gasteiger partial charge in [-0.05, 0) is 54.0 Å². The second-order valence-corrected chi connectivity index (χ2v) is 7.57. The maximum absolute atomic E-state index is 3.48. The van der Waals surface area contributed by atoms with Gasteiger partial charge in [0.05, 0.1) is 0 Å². The Bertz CT molecular complexity index is 473. The highest BCUT2D eigenvalue weighted by Gasteiger charge is 2.31. The summed E-state index contributed by atoms with van der Waals surface area (Å²) in [5, 5.41) is 3.48. The molecule has 0 amide bonds. The Labute approximate surface area is 123 Å². The van der Waals surface area contributed by atoms with Crippen LogP contribution in [0, 0.1) is 11.3 Å². The first-order valence-electron chi connectivity index (χ1n) is 8.07. The Morgan fingerprint density at radius 3 is 2.90 bits per heavy atom. The van der Waals surface area contributed by atoms with E-state index in [2.05, 4.69) is 49.2 Å². The smallest absolute Gasteiger partial charge is 0.0236 e. The Kier molecular flexibility index (Phi) is 3.87. The van der Waals surface area contributed by atoms with Crippen LogP contribution in [0.3, 0.4) is 0 Å². The van der Waals surface area contributed by atoms with Crippen molar-refractivity contribution in [3.05, 3.63) is 34.9 Å². The van der Waals surface area contributed by atoms with Crippen molar-refractivity contribution in [2.75, 3.05) is 19.6 Å². The molecule has 1 N–H and O–H groups in total. The molecular formula is C18H28N2. The monoisotopic (exact) mass is 272 g/mol. The third kappa shape index (κ3) is 2.91. The fourth-order valence-corrected chi connectivity index (χ4v) is 3.68. The summed E-state index contributed by atoms with van der Waals surface area (Å²) < 4.78 is 0. The number of fused-ring (bicyclic) bond motifs is 1. The van der Waals surface area contributed by atoms with Gasteiger partial charge in [-0.3, -0.25) is 4.90 Å². The zero-order valence-corrected chi connectivity index (χ0v) is 13.2. The molecule has 110 valence electrons. The van der Waals surface area contributed by atoms with Crippen LogP contribution in [0.1, 0.15) is 43.9 Å². The van der Waals surface area contributed by atoms with Gasteiger partial charge in [0, 0.05) is 19.6 Å². The average Bonchev–Trinajstić information content (AvgIpc) is 2.88. The van der Waals surface area contributed by atoms with Gasteiger partial charge in [-0.15, -0.1) is 0 Å². The van der Waals surface area contributed by atoms with Crippen LogP contribution in [-0.2, 0) is 19.5 Å². The molecule has 0 saturated carbocycles. The van der Waals surface area contributed by atoms with Crippen LogP contribution in [0.5, 0.6) is 0 Å². The van der Waals surface area contributed by atoms with Gasteiger partial charge in [0.25, 0.3) is 0 Å². The number of benzene rings is 1. The largest absolute Gasteiger partial charge is 0.312 e. The molecule has 1 aromatic rings. The third-order valence-corrected chi connectivity index (χ3v) is 5.13. The molecule has 1 atom stereocenters. The lowest BCUT2D eigenvalue weighted by atomic mass is 9.80. The van der Waals surface area contributed by atoms with Gasteiger partial charge in [-0.25, -0.2) is 0 Å². The molecule has 20 heavy (non-hydrogen) atoms. The Balaban J connectivity index is 1.70. The number of nitrogens with one attached hydrogen (secondary N) is 1. The molecule has 2 heterocycles. The number of hydrogen-bond donors (Lipinski definition) is 1. The summed E-state index contributed by atoms with van der Waals surface area (Å²) in [5.74, 6) is 0.851. The van der Waals surface area contributed by atoms with Gasteiger partial charge in [0.1, 0.15) is 0 Å². The van der Waals surface area contributed by atoms with Gasteiger partial charge < -0.3 is 5.32 Å². The second-order valence-electron chi connectivity index (χ2n) is 7.57. The molecular weight excluding hydrogens is 244 g/mol. The minimum absolute atomic E-state index is 0.453. The van der Waals surface area contributed by atoms with Crippen molar-refractivity contribution < 1.29 is 0 Å². The van der Waals surface area contributed by atoms with E-state index in [1.807, 2.05) is 0 Å². The number of nitrogens with zero attached hydrogens (tertiary/aromatic N) is 1. The lowest BCUT2D eigenvalue weighted by molar-refractivity contribution is 0.226. The van der Waals surface area contributed by atoms with E-state index in [1.54, 1.807) is 11.1 Å². The lowest BCUT2D eigenvalue weighted by Gasteiger charge is -2.28. The van der Waals surface area contributed by atoms with E-state index in [9.17, 15) is 0 Å². The molecule has 0 spiro atoms. The van der Waals surface area contributed by atoms with Gasteiger partial charge in [0.2, 0.25) is 0 Å². The Hall–Kier alpha value is -0.860. The Morgan fingerprint density at radius 2 is 2.15 bits per heavy atom. The number of hydrogen-bond acceptors (Lipinski definition) is 2. The van der Waals surface area contributed by atoms with Crippen LogP contribution in [0.4, 0.5) is 0 Å². The fraction of sp³-hybridized carbons (Fsp3) is 0.667. The SMILES string of the molecule is CC(C)(C)C1CCN(Cc2cccc3c2CCNC3)C1. The maximum Gasteiger partial charge on any atom is 0.0236 e. The molecule has 0 aromatic heterocycles. The summed E-state index contributed by atoms with van der Waals surface area (Å²) in [7, 11) is 0. The highest BCUT2D eigenvalue weighted by molar-refractivity contribution is 5.37. The summed E-state index contributed by atoms with van der Waals surface area (Å²) in [6.07, 6.45) is 2.56. The van der Waals surface area contributed by atoms with Gasteiger partial charge in [-0.2, -0.15) is 0 Å². The summed E-state index contributed by atoms with van der Waals surface area (Å²) in [6.45, 7) is 13.0. The molecule has 2 heteroatoms. The van der Waals surface area contributed by atoms with Crippen LogP contribution >= 0.6 is 0 Å². The molecule has 2 aliphatic heterocycles. The van der Waals surface area contributed by atoms with Crippen molar-refractivity contribution in [2.24, 2.45) is 11.3 Å². The third-order valence-electron chi connectivity index (χ3n) is 5.13. The highest BCUT2D eigenvalue weighted by atomic mass is 15.1. The number of likely N-dealkylation sites (tertiary alicyclic amines) is 1. The van der Waals surface area contributed by atoms with Crippen molar-refractivity contribution in [3.63, 3.8) is 0 Å². The lowest BCUT2D eigenvalue weighted by Crippen LogP contribution is -2.28. The molecule has 0 aliphatic carbocycles. The van der Waals surface area contributed by atoms with E-state index < -0.39 is 0 Å². The van der Waals surface area contributed by atoms with Crippen LogP contribution in [0.25, 0.3) is 0 Å². The normalized spacial score (nSPS) is 23.9. The van der Waals surface area contributed by atoms with Gasteiger partial charge >= 0.3 is 0 Å². The molecule has 1 unspecified atom stereocenters. The van der Waals surface area contributed by atoms with Crippen molar-refractivity contribution >= 4 is 0 Å². The van der Waals surface area contributed by atoms with E-state index in [1.165, 1.54) is 31.5 Å². The van der Waals surface area contributed by atoms with E-state index >= 15 is 0 Å². The van der Waals surface area contributed by atoms with Crippen molar-refractivity contribution in [1.29, 1.82) is 0 Å². The van der Waals surface area contributed by atoms with E-state index in [0.29, 0.717) is 5.41 Å². The summed E-state index contributed by atoms with van der Waals surface area (Å²) in [6, 6.07) is 6.86. The minimum atomic E-state index is 0.453. The Morgan fingerprint density at radius 1 is 1.30 bits per heavy atom. The number of rotatable bonds is 2. The average molecular weight is 272 g/mol. The van der Waals surface area contributed by atoms with Crippen molar-refractivity contribution in [2.45, 2.75) is 46.7 Å². The maximum atomic E-state index is 3.48. The molecule has 2 nitrogen and oxygen atoms in total. The standard InChI is InChI=1S/C18H28N2/c1-18(2,3)16-8-10-20(13-16)12-15-6-4-5-14-11-19-9-7-17(14)15/h4-6,16,19H,7-13H2,1-3H3. The molecule has 2 aliphatic rings. The minimum Gasteiger partial charge on any atom is -0.312 e. The molecule has 0 bridgehead atoms. The van der Waals surface area contributed by atoms with Crippen molar-refractivity contribution in [3.8, 4) is 0 Å². The first-order valence-corrected chi connectivity index (χ1v) is 8.07. The van der Waals surface area contributed by atoms with E-state index in [4.69, 9.17) is 0 Å². The zero-order chi connectivity index (χ0) is 14.2. The first kappa shape index (κ1) is 14.1. The molecule has 1 saturated heterocycles. The van der Waals surface area contributed by atoms with Crippen LogP contribution in [0.15, 0.2) is 18.2 Å². The predicted molar refractivity (Wildman–Crippen MR) is 84.7 cm³/mol. The quantitative estimate of drug-likeness (QED) is 0.889. The van der Waals surface area contributed by atoms with Crippen LogP contribution in [0.2, 0.25) is 0 Å². The molecule has 0 radical (unpaired) electrons. The summed E-state index contributed by atoms with van der Waals surface area (Å²) >= 11 is 0. The first-order chi connectivity index (χ1) is 9.54. The van der Waals surface area contributed by atoms with Crippen molar-refractivity contribution in [1.82, 2.24) is 10.2 Å². The van der Waals surface area contributed by atoms with E-state index in [-0.39, 0.29) is 0 Å². The zero-order valence-electron chi connectivity index (χ0n) is 13.2. The van der Waals surface area contributed by atoms with Crippen LogP contribution < -0.4 is 5.32 Å². The van der Waals surface area contributed by atoms with Gasteiger partial charge in [-0.1, -0.05) is 39.0 Å². The highest BCUT2D eigenvalue weighted by Crippen LogP contribution is 2.34. The van der Waals surface area contributed by atoms with E-state index in [0.717, 1.165) is 25.6 Å². The molecule has 1 fully saturated rings. The summed E-state index contributed by atoms with van der Waals surface area (Å²) in [4.78, 5) is 2.66. The van der Waals surface area contributed by atoms with Crippen LogP contribution in [-0.4, -0.2) is 24.5 Å². The molecule has 3 rings (SSSR count). The predicted octanol–water partition coefficient (Wildman–Crippen LogP) is 3.20. The summed E-state index contributed by atoms with van der Waals surface area (Å²) in [5.41, 5.74) is 5.15. The topological polar surface area (TPSA) is 15.3 Å². The molecule has 1 aromatic carbocycles. The van der Waals surface area contributed by atoms with Gasteiger partial charge in [0.15, 0.2) is 0 Å². The second kappa shape index (κ2) is 5.50. The fourth-order valence-electron chi connectivity index (χ4n) is 3.68.